The Labute approximate surface area is 144 Å². The summed E-state index contributed by atoms with van der Waals surface area (Å²) in [5.41, 5.74) is -0.704. The maximum atomic E-state index is 12.8. The lowest BCUT2D eigenvalue weighted by atomic mass is 9.43. The Morgan fingerprint density at radius 3 is 2.62 bits per heavy atom. The van der Waals surface area contributed by atoms with Crippen LogP contribution in [0.25, 0.3) is 0 Å². The van der Waals surface area contributed by atoms with Crippen molar-refractivity contribution < 1.29 is 19.4 Å². The van der Waals surface area contributed by atoms with Crippen molar-refractivity contribution in [2.24, 2.45) is 22.7 Å². The van der Waals surface area contributed by atoms with E-state index in [4.69, 9.17) is 4.42 Å². The molecular weight excluding hydrogens is 304 g/mol. The van der Waals surface area contributed by atoms with Gasteiger partial charge in [0.25, 0.3) is 0 Å². The summed E-state index contributed by atoms with van der Waals surface area (Å²) in [6.07, 6.45) is 6.36. The zero-order chi connectivity index (χ0) is 17.8. The molecule has 1 heterocycles. The standard InChI is InChI=1S/C20H30O4/c1-13-15(21)16(22)17-18(2,3)8-5-9-19(17,4)20(13,23)10-6-14-7-11-24-12-14/h7,11-13,16-17,22-23H,5-6,8-10H2,1-4H3/t13-,16-,17+,19+,20-/m1/s1. The zero-order valence-electron chi connectivity index (χ0n) is 15.2. The molecule has 1 aromatic rings. The van der Waals surface area contributed by atoms with Gasteiger partial charge in [0.05, 0.1) is 18.1 Å². The normalized spacial score (nSPS) is 41.9. The first-order valence-corrected chi connectivity index (χ1v) is 9.09. The number of fused-ring (bicyclic) bond motifs is 1. The molecule has 2 aliphatic carbocycles. The van der Waals surface area contributed by atoms with E-state index in [-0.39, 0.29) is 17.1 Å². The lowest BCUT2D eigenvalue weighted by Crippen LogP contribution is -2.69. The van der Waals surface area contributed by atoms with Gasteiger partial charge in [-0.25, -0.2) is 0 Å². The first kappa shape index (κ1) is 17.7. The summed E-state index contributed by atoms with van der Waals surface area (Å²) in [6, 6.07) is 1.90. The molecule has 0 aliphatic heterocycles. The van der Waals surface area contributed by atoms with Gasteiger partial charge in [-0.15, -0.1) is 0 Å². The van der Waals surface area contributed by atoms with Gasteiger partial charge in [0, 0.05) is 17.3 Å². The van der Waals surface area contributed by atoms with E-state index in [0.717, 1.165) is 24.8 Å². The van der Waals surface area contributed by atoms with Crippen molar-refractivity contribution in [2.75, 3.05) is 0 Å². The van der Waals surface area contributed by atoms with Crippen LogP contribution in [0.4, 0.5) is 0 Å². The quantitative estimate of drug-likeness (QED) is 0.889. The van der Waals surface area contributed by atoms with E-state index in [1.807, 2.05) is 6.07 Å². The molecule has 1 aromatic heterocycles. The van der Waals surface area contributed by atoms with Gasteiger partial charge in [-0.05, 0) is 42.7 Å². The van der Waals surface area contributed by atoms with Crippen LogP contribution in [0.1, 0.15) is 58.9 Å². The largest absolute Gasteiger partial charge is 0.472 e. The molecule has 0 unspecified atom stereocenters. The average molecular weight is 334 g/mol. The molecule has 0 saturated heterocycles. The number of ketones is 1. The highest BCUT2D eigenvalue weighted by atomic mass is 16.3. The van der Waals surface area contributed by atoms with Gasteiger partial charge in [-0.2, -0.15) is 0 Å². The fourth-order valence-corrected chi connectivity index (χ4v) is 5.77. The van der Waals surface area contributed by atoms with Crippen LogP contribution in [-0.2, 0) is 11.2 Å². The van der Waals surface area contributed by atoms with E-state index >= 15 is 0 Å². The van der Waals surface area contributed by atoms with Crippen molar-refractivity contribution in [1.82, 2.24) is 0 Å². The molecule has 2 fully saturated rings. The fourth-order valence-electron chi connectivity index (χ4n) is 5.77. The number of Topliss-reactive ketones (excluding diaryl/α,β-unsaturated/α-hetero) is 1. The molecule has 0 aromatic carbocycles. The van der Waals surface area contributed by atoms with Gasteiger partial charge in [0.15, 0.2) is 5.78 Å². The van der Waals surface area contributed by atoms with Gasteiger partial charge in [-0.3, -0.25) is 4.79 Å². The van der Waals surface area contributed by atoms with Crippen molar-refractivity contribution in [3.63, 3.8) is 0 Å². The highest BCUT2D eigenvalue weighted by Crippen LogP contribution is 2.62. The second-order valence-electron chi connectivity index (χ2n) is 8.86. The highest BCUT2D eigenvalue weighted by molar-refractivity contribution is 5.88. The number of aliphatic hydroxyl groups excluding tert-OH is 1. The molecule has 2 N–H and O–H groups in total. The Morgan fingerprint density at radius 1 is 1.29 bits per heavy atom. The molecule has 0 bridgehead atoms. The predicted molar refractivity (Wildman–Crippen MR) is 91.4 cm³/mol. The van der Waals surface area contributed by atoms with Gasteiger partial charge in [-0.1, -0.05) is 34.1 Å². The molecule has 3 rings (SSSR count). The highest BCUT2D eigenvalue weighted by Gasteiger charge is 2.66. The van der Waals surface area contributed by atoms with Crippen LogP contribution in [0, 0.1) is 22.7 Å². The van der Waals surface area contributed by atoms with E-state index in [1.54, 1.807) is 19.5 Å². The average Bonchev–Trinajstić information content (AvgIpc) is 3.02. The Hall–Kier alpha value is -1.13. The van der Waals surface area contributed by atoms with Crippen molar-refractivity contribution >= 4 is 5.78 Å². The van der Waals surface area contributed by atoms with Gasteiger partial charge >= 0.3 is 0 Å². The van der Waals surface area contributed by atoms with E-state index in [2.05, 4.69) is 20.8 Å². The number of rotatable bonds is 3. The van der Waals surface area contributed by atoms with Crippen LogP contribution >= 0.6 is 0 Å². The maximum absolute atomic E-state index is 12.8. The minimum atomic E-state index is -1.11. The van der Waals surface area contributed by atoms with Crippen molar-refractivity contribution in [3.05, 3.63) is 24.2 Å². The topological polar surface area (TPSA) is 70.7 Å². The summed E-state index contributed by atoms with van der Waals surface area (Å²) in [5, 5.41) is 22.5. The molecule has 2 aliphatic rings. The SMILES string of the molecule is C[C@@H]1C(=O)[C@@H](O)[C@H]2C(C)(C)CCC[C@]2(C)[C@@]1(O)CCc1ccoc1. The molecule has 4 heteroatoms. The Morgan fingerprint density at radius 2 is 2.00 bits per heavy atom. The number of aliphatic hydroxyl groups is 2. The summed E-state index contributed by atoms with van der Waals surface area (Å²) in [6.45, 7) is 8.11. The Balaban J connectivity index is 2.00. The molecule has 0 spiro atoms. The van der Waals surface area contributed by atoms with Gasteiger partial charge < -0.3 is 14.6 Å². The van der Waals surface area contributed by atoms with Crippen LogP contribution in [0.2, 0.25) is 0 Å². The third-order valence-electron chi connectivity index (χ3n) is 7.16. The summed E-state index contributed by atoms with van der Waals surface area (Å²) in [4.78, 5) is 12.8. The van der Waals surface area contributed by atoms with E-state index in [0.29, 0.717) is 12.8 Å². The molecule has 2 saturated carbocycles. The van der Waals surface area contributed by atoms with Crippen molar-refractivity contribution in [2.45, 2.75) is 71.5 Å². The first-order chi connectivity index (χ1) is 11.1. The minimum Gasteiger partial charge on any atom is -0.472 e. The third kappa shape index (κ3) is 2.38. The molecule has 4 nitrogen and oxygen atoms in total. The van der Waals surface area contributed by atoms with Crippen LogP contribution in [0.5, 0.6) is 0 Å². The van der Waals surface area contributed by atoms with E-state index < -0.39 is 23.0 Å². The lowest BCUT2D eigenvalue weighted by Gasteiger charge is -2.63. The summed E-state index contributed by atoms with van der Waals surface area (Å²) < 4.78 is 5.13. The monoisotopic (exact) mass is 334 g/mol. The third-order valence-corrected chi connectivity index (χ3v) is 7.16. The molecule has 24 heavy (non-hydrogen) atoms. The van der Waals surface area contributed by atoms with Crippen LogP contribution < -0.4 is 0 Å². The molecule has 5 atom stereocenters. The van der Waals surface area contributed by atoms with Crippen molar-refractivity contribution in [3.8, 4) is 0 Å². The zero-order valence-corrected chi connectivity index (χ0v) is 15.2. The van der Waals surface area contributed by atoms with Crippen molar-refractivity contribution in [1.29, 1.82) is 0 Å². The smallest absolute Gasteiger partial charge is 0.167 e. The molecule has 0 radical (unpaired) electrons. The fraction of sp³-hybridized carbons (Fsp3) is 0.750. The lowest BCUT2D eigenvalue weighted by molar-refractivity contribution is -0.233. The number of hydrogen-bond acceptors (Lipinski definition) is 4. The maximum Gasteiger partial charge on any atom is 0.167 e. The number of hydrogen-bond donors (Lipinski definition) is 2. The molecule has 0 amide bonds. The van der Waals surface area contributed by atoms with E-state index in [1.165, 1.54) is 0 Å². The Kier molecular flexibility index (Phi) is 4.20. The first-order valence-electron chi connectivity index (χ1n) is 9.09. The van der Waals surface area contributed by atoms with Crippen LogP contribution in [-0.4, -0.2) is 27.7 Å². The van der Waals surface area contributed by atoms with Crippen LogP contribution in [0.3, 0.4) is 0 Å². The minimum absolute atomic E-state index is 0.161. The van der Waals surface area contributed by atoms with Gasteiger partial charge in [0.1, 0.15) is 6.10 Å². The molecular formula is C20H30O4. The summed E-state index contributed by atoms with van der Waals surface area (Å²) >= 11 is 0. The summed E-state index contributed by atoms with van der Waals surface area (Å²) in [7, 11) is 0. The second kappa shape index (κ2) is 5.70. The number of carbonyl (C=O) groups is 1. The number of aryl methyl sites for hydroxylation is 1. The van der Waals surface area contributed by atoms with Crippen LogP contribution in [0.15, 0.2) is 23.0 Å². The predicted octanol–water partition coefficient (Wildman–Crippen LogP) is 3.36. The summed E-state index contributed by atoms with van der Waals surface area (Å²) in [5.74, 6) is -0.978. The number of carbonyl (C=O) groups excluding carboxylic acids is 1. The Bertz CT molecular complexity index is 605. The number of furan rings is 1. The second-order valence-corrected chi connectivity index (χ2v) is 8.86. The molecule has 134 valence electrons. The van der Waals surface area contributed by atoms with Gasteiger partial charge in [0.2, 0.25) is 0 Å². The van der Waals surface area contributed by atoms with E-state index in [9.17, 15) is 15.0 Å².